The van der Waals surface area contributed by atoms with Crippen LogP contribution in [0.2, 0.25) is 0 Å². The van der Waals surface area contributed by atoms with Gasteiger partial charge in [-0.3, -0.25) is 9.59 Å². The van der Waals surface area contributed by atoms with Gasteiger partial charge in [0.25, 0.3) is 11.5 Å². The zero-order valence-corrected chi connectivity index (χ0v) is 15.9. The van der Waals surface area contributed by atoms with Crippen LogP contribution in [-0.4, -0.2) is 41.5 Å². The van der Waals surface area contributed by atoms with Gasteiger partial charge in [0.15, 0.2) is 0 Å². The summed E-state index contributed by atoms with van der Waals surface area (Å²) in [5, 5.41) is 6.57. The molecule has 1 N–H and O–H groups in total. The SMILES string of the molecule is Cn1nc(C(=O)NCc2ccccc2S(=O)(=O)N2CCCCC2)ccc1=O. The Balaban J connectivity index is 1.79. The molecule has 0 atom stereocenters. The van der Waals surface area contributed by atoms with Crippen LogP contribution in [0.1, 0.15) is 35.3 Å². The van der Waals surface area contributed by atoms with Crippen molar-refractivity contribution < 1.29 is 13.2 Å². The Morgan fingerprint density at radius 3 is 2.52 bits per heavy atom. The zero-order chi connectivity index (χ0) is 19.4. The Labute approximate surface area is 157 Å². The highest BCUT2D eigenvalue weighted by atomic mass is 32.2. The summed E-state index contributed by atoms with van der Waals surface area (Å²) in [6, 6.07) is 9.27. The quantitative estimate of drug-likeness (QED) is 0.817. The Bertz CT molecular complexity index is 994. The van der Waals surface area contributed by atoms with Crippen molar-refractivity contribution in [1.29, 1.82) is 0 Å². The van der Waals surface area contributed by atoms with E-state index in [9.17, 15) is 18.0 Å². The maximum Gasteiger partial charge on any atom is 0.271 e. The number of hydrogen-bond donors (Lipinski definition) is 1. The molecule has 1 saturated heterocycles. The minimum atomic E-state index is -3.60. The molecule has 0 unspecified atom stereocenters. The van der Waals surface area contributed by atoms with Crippen LogP contribution in [0.5, 0.6) is 0 Å². The minimum Gasteiger partial charge on any atom is -0.347 e. The van der Waals surface area contributed by atoms with Gasteiger partial charge in [-0.1, -0.05) is 24.6 Å². The van der Waals surface area contributed by atoms with E-state index < -0.39 is 15.9 Å². The van der Waals surface area contributed by atoms with Crippen LogP contribution in [0, 0.1) is 0 Å². The summed E-state index contributed by atoms with van der Waals surface area (Å²) in [5.74, 6) is -0.476. The van der Waals surface area contributed by atoms with E-state index >= 15 is 0 Å². The third-order valence-electron chi connectivity index (χ3n) is 4.54. The van der Waals surface area contributed by atoms with E-state index in [0.29, 0.717) is 18.7 Å². The molecule has 0 spiro atoms. The van der Waals surface area contributed by atoms with Gasteiger partial charge in [0.05, 0.1) is 4.90 Å². The van der Waals surface area contributed by atoms with Crippen LogP contribution in [0.4, 0.5) is 0 Å². The van der Waals surface area contributed by atoms with Crippen molar-refractivity contribution in [3.63, 3.8) is 0 Å². The van der Waals surface area contributed by atoms with Crippen LogP contribution in [0.3, 0.4) is 0 Å². The van der Waals surface area contributed by atoms with E-state index in [4.69, 9.17) is 0 Å². The number of sulfonamides is 1. The molecule has 1 amide bonds. The summed E-state index contributed by atoms with van der Waals surface area (Å²) in [7, 11) is -2.14. The highest BCUT2D eigenvalue weighted by Crippen LogP contribution is 2.23. The molecule has 0 bridgehead atoms. The highest BCUT2D eigenvalue weighted by molar-refractivity contribution is 7.89. The fourth-order valence-corrected chi connectivity index (χ4v) is 4.77. The first kappa shape index (κ1) is 19.2. The van der Waals surface area contributed by atoms with E-state index in [-0.39, 0.29) is 22.7 Å². The molecule has 8 nitrogen and oxygen atoms in total. The summed E-state index contributed by atoms with van der Waals surface area (Å²) in [5.41, 5.74) is 0.291. The molecule has 3 rings (SSSR count). The van der Waals surface area contributed by atoms with E-state index in [1.807, 2.05) is 0 Å². The van der Waals surface area contributed by atoms with Gasteiger partial charge in [0.1, 0.15) is 5.69 Å². The van der Waals surface area contributed by atoms with E-state index in [0.717, 1.165) is 23.9 Å². The number of piperidine rings is 1. The molecule has 1 aliphatic rings. The lowest BCUT2D eigenvalue weighted by molar-refractivity contribution is 0.0943. The van der Waals surface area contributed by atoms with Crippen molar-refractivity contribution in [2.75, 3.05) is 13.1 Å². The Morgan fingerprint density at radius 2 is 1.81 bits per heavy atom. The number of rotatable bonds is 5. The van der Waals surface area contributed by atoms with Crippen molar-refractivity contribution in [2.45, 2.75) is 30.7 Å². The minimum absolute atomic E-state index is 0.0482. The van der Waals surface area contributed by atoms with E-state index in [2.05, 4.69) is 10.4 Å². The van der Waals surface area contributed by atoms with Crippen molar-refractivity contribution in [3.8, 4) is 0 Å². The Morgan fingerprint density at radius 1 is 1.11 bits per heavy atom. The van der Waals surface area contributed by atoms with Gasteiger partial charge in [-0.05, 0) is 30.5 Å². The molecule has 0 saturated carbocycles. The molecule has 0 aliphatic carbocycles. The summed E-state index contributed by atoms with van der Waals surface area (Å²) < 4.78 is 28.5. The molecule has 144 valence electrons. The number of carbonyl (C=O) groups excluding carboxylic acids is 1. The zero-order valence-electron chi connectivity index (χ0n) is 15.1. The molecule has 1 fully saturated rings. The highest BCUT2D eigenvalue weighted by Gasteiger charge is 2.27. The molecule has 27 heavy (non-hydrogen) atoms. The van der Waals surface area contributed by atoms with Crippen molar-refractivity contribution in [1.82, 2.24) is 19.4 Å². The second kappa shape index (κ2) is 8.01. The van der Waals surface area contributed by atoms with Crippen LogP contribution in [0.25, 0.3) is 0 Å². The van der Waals surface area contributed by atoms with Crippen LogP contribution < -0.4 is 10.9 Å². The van der Waals surface area contributed by atoms with Crippen LogP contribution in [-0.2, 0) is 23.6 Å². The lowest BCUT2D eigenvalue weighted by atomic mass is 10.2. The van der Waals surface area contributed by atoms with Crippen LogP contribution >= 0.6 is 0 Å². The van der Waals surface area contributed by atoms with Gasteiger partial charge in [0.2, 0.25) is 10.0 Å². The summed E-state index contributed by atoms with van der Waals surface area (Å²) in [4.78, 5) is 23.9. The summed E-state index contributed by atoms with van der Waals surface area (Å²) in [6.45, 7) is 1.09. The van der Waals surface area contributed by atoms with Crippen molar-refractivity contribution in [3.05, 3.63) is 58.0 Å². The first-order valence-electron chi connectivity index (χ1n) is 8.80. The molecule has 2 heterocycles. The maximum absolute atomic E-state index is 13.0. The molecule has 1 aromatic carbocycles. The second-order valence-electron chi connectivity index (χ2n) is 6.44. The van der Waals surface area contributed by atoms with Crippen molar-refractivity contribution in [2.24, 2.45) is 7.05 Å². The van der Waals surface area contributed by atoms with Gasteiger partial charge >= 0.3 is 0 Å². The number of amides is 1. The summed E-state index contributed by atoms with van der Waals surface area (Å²) in [6.07, 6.45) is 2.75. The Kier molecular flexibility index (Phi) is 5.71. The van der Waals surface area contributed by atoms with Gasteiger partial charge in [-0.25, -0.2) is 13.1 Å². The average molecular weight is 390 g/mol. The number of aromatic nitrogens is 2. The summed E-state index contributed by atoms with van der Waals surface area (Å²) >= 11 is 0. The number of carbonyl (C=O) groups is 1. The van der Waals surface area contributed by atoms with E-state index in [1.54, 1.807) is 24.3 Å². The number of aryl methyl sites for hydroxylation is 1. The second-order valence-corrected chi connectivity index (χ2v) is 8.34. The number of nitrogens with zero attached hydrogens (tertiary/aromatic N) is 3. The number of benzene rings is 1. The molecule has 2 aromatic rings. The Hall–Kier alpha value is -2.52. The average Bonchev–Trinajstić information content (AvgIpc) is 2.69. The monoisotopic (exact) mass is 390 g/mol. The first-order valence-corrected chi connectivity index (χ1v) is 10.2. The molecular weight excluding hydrogens is 368 g/mol. The van der Waals surface area contributed by atoms with Crippen LogP contribution in [0.15, 0.2) is 46.1 Å². The predicted octanol–water partition coefficient (Wildman–Crippen LogP) is 0.885. The third-order valence-corrected chi connectivity index (χ3v) is 6.54. The molecule has 9 heteroatoms. The molecular formula is C18H22N4O4S. The fraction of sp³-hybridized carbons (Fsp3) is 0.389. The fourth-order valence-electron chi connectivity index (χ4n) is 3.04. The standard InChI is InChI=1S/C18H22N4O4S/c1-21-17(23)10-9-15(20-21)18(24)19-13-14-7-3-4-8-16(14)27(25,26)22-11-5-2-6-12-22/h3-4,7-10H,2,5-6,11-13H2,1H3,(H,19,24). The molecule has 0 radical (unpaired) electrons. The predicted molar refractivity (Wildman–Crippen MR) is 99.7 cm³/mol. The van der Waals surface area contributed by atoms with Gasteiger partial charge in [-0.2, -0.15) is 9.40 Å². The molecule has 1 aromatic heterocycles. The normalized spacial score (nSPS) is 15.4. The number of hydrogen-bond acceptors (Lipinski definition) is 5. The largest absolute Gasteiger partial charge is 0.347 e. The topological polar surface area (TPSA) is 101 Å². The number of nitrogens with one attached hydrogen (secondary N) is 1. The van der Waals surface area contributed by atoms with E-state index in [1.165, 1.54) is 23.5 Å². The lowest BCUT2D eigenvalue weighted by Gasteiger charge is -2.26. The first-order chi connectivity index (χ1) is 12.9. The lowest BCUT2D eigenvalue weighted by Crippen LogP contribution is -2.36. The van der Waals surface area contributed by atoms with Gasteiger partial charge in [0, 0.05) is 32.7 Å². The maximum atomic E-state index is 13.0. The third kappa shape index (κ3) is 4.25. The smallest absolute Gasteiger partial charge is 0.271 e. The molecule has 1 aliphatic heterocycles. The van der Waals surface area contributed by atoms with Gasteiger partial charge in [-0.15, -0.1) is 0 Å². The van der Waals surface area contributed by atoms with Gasteiger partial charge < -0.3 is 5.32 Å². The van der Waals surface area contributed by atoms with Crippen molar-refractivity contribution >= 4 is 15.9 Å².